The highest BCUT2D eigenvalue weighted by Gasteiger charge is 2.70. The minimum atomic E-state index is 0.191. The Hall–Kier alpha value is -0.330. The minimum absolute atomic E-state index is 0.191. The van der Waals surface area contributed by atoms with Gasteiger partial charge in [0.1, 0.15) is 6.29 Å². The van der Waals surface area contributed by atoms with Gasteiger partial charge in [0.25, 0.3) is 0 Å². The summed E-state index contributed by atoms with van der Waals surface area (Å²) in [6.45, 7) is 20.9. The van der Waals surface area contributed by atoms with Crippen molar-refractivity contribution in [2.75, 3.05) is 0 Å². The van der Waals surface area contributed by atoms with Crippen LogP contribution in [0.2, 0.25) is 0 Å². The van der Waals surface area contributed by atoms with Crippen molar-refractivity contribution in [2.24, 2.45) is 68.5 Å². The van der Waals surface area contributed by atoms with Gasteiger partial charge in [0, 0.05) is 5.92 Å². The highest BCUT2D eigenvalue weighted by Crippen LogP contribution is 2.77. The van der Waals surface area contributed by atoms with Crippen molar-refractivity contribution in [2.45, 2.75) is 120 Å². The van der Waals surface area contributed by atoms with E-state index in [-0.39, 0.29) is 11.3 Å². The zero-order valence-electron chi connectivity index (χ0n) is 22.6. The smallest absolute Gasteiger partial charge is 0.123 e. The van der Waals surface area contributed by atoms with Crippen LogP contribution in [-0.4, -0.2) is 6.29 Å². The Bertz CT molecular complexity index is 768. The Morgan fingerprint density at radius 1 is 0.688 bits per heavy atom. The fraction of sp³-hybridized carbons (Fsp3) is 0.968. The third-order valence-electron chi connectivity index (χ3n) is 14.2. The van der Waals surface area contributed by atoms with E-state index >= 15 is 0 Å². The second-order valence-corrected chi connectivity index (χ2v) is 15.4. The number of rotatable bonds is 1. The van der Waals surface area contributed by atoms with Crippen LogP contribution in [0, 0.1) is 68.5 Å². The summed E-state index contributed by atoms with van der Waals surface area (Å²) >= 11 is 0. The van der Waals surface area contributed by atoms with Gasteiger partial charge in [0.15, 0.2) is 0 Å². The van der Waals surface area contributed by atoms with Crippen LogP contribution >= 0.6 is 0 Å². The van der Waals surface area contributed by atoms with Crippen LogP contribution in [0.25, 0.3) is 0 Å². The van der Waals surface area contributed by atoms with E-state index in [4.69, 9.17) is 0 Å². The topological polar surface area (TPSA) is 17.1 Å². The molecule has 0 radical (unpaired) electrons. The van der Waals surface area contributed by atoms with Crippen molar-refractivity contribution in [3.8, 4) is 0 Å². The first-order chi connectivity index (χ1) is 14.8. The lowest BCUT2D eigenvalue weighted by Crippen LogP contribution is -2.67. The molecule has 11 atom stereocenters. The molecule has 5 aliphatic rings. The monoisotopic (exact) mass is 440 g/mol. The van der Waals surface area contributed by atoms with E-state index in [9.17, 15) is 4.79 Å². The van der Waals surface area contributed by atoms with Crippen LogP contribution in [0.5, 0.6) is 0 Å². The molecule has 0 heterocycles. The quantitative estimate of drug-likeness (QED) is 0.373. The number of hydrogen-bond acceptors (Lipinski definition) is 1. The Balaban J connectivity index is 1.57. The van der Waals surface area contributed by atoms with E-state index in [2.05, 4.69) is 55.4 Å². The molecule has 1 nitrogen and oxygen atoms in total. The van der Waals surface area contributed by atoms with E-state index in [1.807, 2.05) is 0 Å². The molecule has 0 amide bonds. The summed E-state index contributed by atoms with van der Waals surface area (Å²) in [5.41, 5.74) is 1.97. The summed E-state index contributed by atoms with van der Waals surface area (Å²) in [5.74, 6) is 5.22. The molecular formula is C31H52O. The summed E-state index contributed by atoms with van der Waals surface area (Å²) in [6.07, 6.45) is 15.0. The molecule has 182 valence electrons. The van der Waals surface area contributed by atoms with E-state index in [0.717, 1.165) is 30.1 Å². The van der Waals surface area contributed by atoms with Gasteiger partial charge >= 0.3 is 0 Å². The number of aldehydes is 1. The molecule has 0 bridgehead atoms. The molecule has 32 heavy (non-hydrogen) atoms. The number of hydrogen-bond donors (Lipinski definition) is 0. The summed E-state index contributed by atoms with van der Waals surface area (Å²) in [7, 11) is 0. The van der Waals surface area contributed by atoms with Crippen LogP contribution in [0.15, 0.2) is 0 Å². The predicted molar refractivity (Wildman–Crippen MR) is 134 cm³/mol. The maximum absolute atomic E-state index is 12.5. The third-order valence-corrected chi connectivity index (χ3v) is 14.2. The highest BCUT2D eigenvalue weighted by atomic mass is 16.1. The molecular weight excluding hydrogens is 388 g/mol. The largest absolute Gasteiger partial charge is 0.303 e. The molecule has 5 aliphatic carbocycles. The van der Waals surface area contributed by atoms with Crippen molar-refractivity contribution in [3.05, 3.63) is 0 Å². The van der Waals surface area contributed by atoms with Gasteiger partial charge in [0.2, 0.25) is 0 Å². The summed E-state index contributed by atoms with van der Waals surface area (Å²) < 4.78 is 0. The van der Waals surface area contributed by atoms with Crippen LogP contribution < -0.4 is 0 Å². The predicted octanol–water partition coefficient (Wildman–Crippen LogP) is 8.56. The molecule has 5 fully saturated rings. The molecule has 1 heteroatoms. The average Bonchev–Trinajstić information content (AvgIpc) is 2.72. The number of carbonyl (C=O) groups is 1. The molecule has 0 aliphatic heterocycles. The average molecular weight is 441 g/mol. The molecule has 0 aromatic rings. The fourth-order valence-electron chi connectivity index (χ4n) is 11.9. The maximum atomic E-state index is 12.5. The first kappa shape index (κ1) is 23.4. The van der Waals surface area contributed by atoms with Gasteiger partial charge in [-0.1, -0.05) is 55.4 Å². The maximum Gasteiger partial charge on any atom is 0.123 e. The number of carbonyl (C=O) groups excluding carboxylic acids is 1. The zero-order valence-corrected chi connectivity index (χ0v) is 22.6. The highest BCUT2D eigenvalue weighted by molar-refractivity contribution is 5.56. The van der Waals surface area contributed by atoms with E-state index in [1.165, 1.54) is 64.1 Å². The Morgan fingerprint density at radius 2 is 1.41 bits per heavy atom. The van der Waals surface area contributed by atoms with Crippen LogP contribution in [-0.2, 0) is 4.79 Å². The fourth-order valence-corrected chi connectivity index (χ4v) is 11.9. The van der Waals surface area contributed by atoms with Gasteiger partial charge in [-0.05, 0) is 127 Å². The lowest BCUT2D eigenvalue weighted by Gasteiger charge is -2.74. The zero-order chi connectivity index (χ0) is 23.3. The second-order valence-electron chi connectivity index (χ2n) is 15.4. The van der Waals surface area contributed by atoms with Gasteiger partial charge in [-0.3, -0.25) is 0 Å². The Morgan fingerprint density at radius 3 is 2.09 bits per heavy atom. The first-order valence-electron chi connectivity index (χ1n) is 14.3. The molecule has 5 saturated carbocycles. The molecule has 0 N–H and O–H groups in total. The Labute approximate surface area is 199 Å². The normalized spacial score (nSPS) is 59.2. The number of fused-ring (bicyclic) bond motifs is 7. The van der Waals surface area contributed by atoms with E-state index in [1.54, 1.807) is 0 Å². The first-order valence-corrected chi connectivity index (χ1v) is 14.3. The van der Waals surface area contributed by atoms with Gasteiger partial charge in [-0.15, -0.1) is 0 Å². The molecule has 0 saturated heterocycles. The van der Waals surface area contributed by atoms with Crippen LogP contribution in [0.4, 0.5) is 0 Å². The Kier molecular flexibility index (Phi) is 5.19. The van der Waals surface area contributed by atoms with Gasteiger partial charge in [0.05, 0.1) is 0 Å². The second kappa shape index (κ2) is 7.10. The van der Waals surface area contributed by atoms with Crippen molar-refractivity contribution in [1.29, 1.82) is 0 Å². The minimum Gasteiger partial charge on any atom is -0.303 e. The molecule has 5 rings (SSSR count). The van der Waals surface area contributed by atoms with Crippen molar-refractivity contribution in [3.63, 3.8) is 0 Å². The van der Waals surface area contributed by atoms with E-state index in [0.29, 0.717) is 33.5 Å². The van der Waals surface area contributed by atoms with E-state index < -0.39 is 0 Å². The summed E-state index contributed by atoms with van der Waals surface area (Å²) in [6, 6.07) is 0. The molecule has 0 spiro atoms. The summed E-state index contributed by atoms with van der Waals surface area (Å²) in [4.78, 5) is 12.5. The molecule has 0 aromatic heterocycles. The van der Waals surface area contributed by atoms with Gasteiger partial charge < -0.3 is 4.79 Å². The standard InChI is InChI=1S/C31H52O/c1-20-11-15-28(5)17-18-29(6)23(26(28)21(20)2)9-10-25-30(29,7)16-13-24-27(3,4)14-12-22(19-32)31(24,25)8/h19-26H,9-18H2,1-8H3/t20-,21+,22?,23-,24?,25+,26+,28-,29-,30-,31+/m1/s1. The summed E-state index contributed by atoms with van der Waals surface area (Å²) in [5, 5.41) is 0. The van der Waals surface area contributed by atoms with Gasteiger partial charge in [-0.25, -0.2) is 0 Å². The van der Waals surface area contributed by atoms with Gasteiger partial charge in [-0.2, -0.15) is 0 Å². The van der Waals surface area contributed by atoms with Crippen LogP contribution in [0.3, 0.4) is 0 Å². The third kappa shape index (κ3) is 2.72. The van der Waals surface area contributed by atoms with Crippen molar-refractivity contribution >= 4 is 6.29 Å². The lowest BCUT2D eigenvalue weighted by molar-refractivity contribution is -0.255. The molecule has 0 aromatic carbocycles. The lowest BCUT2D eigenvalue weighted by atomic mass is 9.30. The molecule has 2 unspecified atom stereocenters. The van der Waals surface area contributed by atoms with Crippen molar-refractivity contribution in [1.82, 2.24) is 0 Å². The SMILES string of the molecule is C[C@@H]1[C@H]2[C@H]3CC[C@@H]4[C@@]5(C)C(C=O)CCC(C)(C)C5CC[C@@]4(C)[C@]3(C)CC[C@@]2(C)CC[C@H]1C. The van der Waals surface area contributed by atoms with Crippen LogP contribution in [0.1, 0.15) is 120 Å². The van der Waals surface area contributed by atoms with Crippen molar-refractivity contribution < 1.29 is 4.79 Å².